The predicted molar refractivity (Wildman–Crippen MR) is 133 cm³/mol. The number of allylic oxidation sites excluding steroid dienone is 1. The number of phenols is 1. The molecule has 6 nitrogen and oxygen atoms in total. The number of halogens is 3. The third kappa shape index (κ3) is 4.53. The Morgan fingerprint density at radius 1 is 1.30 bits per heavy atom. The van der Waals surface area contributed by atoms with Crippen molar-refractivity contribution in [3.63, 3.8) is 0 Å². The van der Waals surface area contributed by atoms with E-state index < -0.39 is 12.0 Å². The molecular formula is C23H17BrCl2N2O4S. The summed E-state index contributed by atoms with van der Waals surface area (Å²) in [5, 5.41) is 10.7. The molecule has 10 heteroatoms. The second kappa shape index (κ2) is 9.46. The number of hydrogen-bond donors (Lipinski definition) is 1. The van der Waals surface area contributed by atoms with Gasteiger partial charge in [-0.2, -0.15) is 0 Å². The second-order valence-electron chi connectivity index (χ2n) is 7.18. The largest absolute Gasteiger partial charge is 0.506 e. The van der Waals surface area contributed by atoms with Gasteiger partial charge < -0.3 is 9.84 Å². The van der Waals surface area contributed by atoms with Gasteiger partial charge in [0.25, 0.3) is 5.56 Å². The van der Waals surface area contributed by atoms with Gasteiger partial charge in [-0.05, 0) is 49.8 Å². The molecule has 2 heterocycles. The number of phenolic OH excluding ortho intramolecular Hbond substituents is 1. The number of ether oxygens (including phenoxy) is 1. The van der Waals surface area contributed by atoms with Crippen LogP contribution in [0.4, 0.5) is 0 Å². The van der Waals surface area contributed by atoms with Crippen molar-refractivity contribution in [2.75, 3.05) is 6.61 Å². The Bertz CT molecular complexity index is 1480. The fourth-order valence-corrected chi connectivity index (χ4v) is 5.40. The highest BCUT2D eigenvalue weighted by molar-refractivity contribution is 9.10. The van der Waals surface area contributed by atoms with Gasteiger partial charge in [0.05, 0.1) is 33.5 Å². The zero-order valence-electron chi connectivity index (χ0n) is 17.4. The van der Waals surface area contributed by atoms with E-state index in [4.69, 9.17) is 27.9 Å². The first-order chi connectivity index (χ1) is 15.7. The van der Waals surface area contributed by atoms with E-state index in [0.717, 1.165) is 21.4 Å². The van der Waals surface area contributed by atoms with Gasteiger partial charge in [-0.3, -0.25) is 9.36 Å². The molecule has 0 unspecified atom stereocenters. The van der Waals surface area contributed by atoms with Gasteiger partial charge in [-0.25, -0.2) is 9.79 Å². The molecule has 4 rings (SSSR count). The number of esters is 1. The summed E-state index contributed by atoms with van der Waals surface area (Å²) in [6.45, 7) is 3.64. The number of nitrogens with zero attached hydrogens (tertiary/aromatic N) is 2. The molecule has 0 aliphatic carbocycles. The smallest absolute Gasteiger partial charge is 0.338 e. The zero-order valence-corrected chi connectivity index (χ0v) is 21.3. The number of carbonyl (C=O) groups excluding carboxylic acids is 1. The minimum Gasteiger partial charge on any atom is -0.506 e. The number of aromatic hydroxyl groups is 1. The fraction of sp³-hybridized carbons (Fsp3) is 0.174. The molecule has 0 saturated heterocycles. The normalized spacial score (nSPS) is 15.9. The van der Waals surface area contributed by atoms with Gasteiger partial charge in [0.15, 0.2) is 4.80 Å². The van der Waals surface area contributed by atoms with E-state index in [-0.39, 0.29) is 22.9 Å². The van der Waals surface area contributed by atoms with Crippen LogP contribution in [0.15, 0.2) is 61.9 Å². The zero-order chi connectivity index (χ0) is 23.9. The topological polar surface area (TPSA) is 80.9 Å². The molecule has 1 aliphatic rings. The van der Waals surface area contributed by atoms with Gasteiger partial charge in [0.1, 0.15) is 5.75 Å². The Kier molecular flexibility index (Phi) is 6.81. The summed E-state index contributed by atoms with van der Waals surface area (Å²) in [6, 6.07) is 9.58. The lowest BCUT2D eigenvalue weighted by molar-refractivity contribution is -0.139. The maximum atomic E-state index is 13.5. The summed E-state index contributed by atoms with van der Waals surface area (Å²) in [4.78, 5) is 31.3. The van der Waals surface area contributed by atoms with Crippen LogP contribution < -0.4 is 14.9 Å². The Morgan fingerprint density at radius 2 is 2.00 bits per heavy atom. The molecule has 0 radical (unpaired) electrons. The molecule has 1 aromatic heterocycles. The van der Waals surface area contributed by atoms with Crippen LogP contribution in [-0.4, -0.2) is 22.2 Å². The Balaban J connectivity index is 1.98. The van der Waals surface area contributed by atoms with Crippen molar-refractivity contribution >= 4 is 62.5 Å². The number of rotatable bonds is 4. The average Bonchev–Trinajstić information content (AvgIpc) is 3.06. The van der Waals surface area contributed by atoms with Crippen molar-refractivity contribution < 1.29 is 14.6 Å². The Morgan fingerprint density at radius 3 is 2.67 bits per heavy atom. The molecule has 33 heavy (non-hydrogen) atoms. The lowest BCUT2D eigenvalue weighted by Gasteiger charge is -2.24. The van der Waals surface area contributed by atoms with E-state index in [1.165, 1.54) is 22.8 Å². The minimum absolute atomic E-state index is 0.0784. The maximum Gasteiger partial charge on any atom is 0.338 e. The first kappa shape index (κ1) is 23.8. The number of thiazole rings is 1. The molecule has 0 saturated carbocycles. The van der Waals surface area contributed by atoms with Crippen LogP contribution in [0.25, 0.3) is 6.08 Å². The van der Waals surface area contributed by atoms with Crippen LogP contribution in [-0.2, 0) is 9.53 Å². The monoisotopic (exact) mass is 566 g/mol. The number of aromatic nitrogens is 1. The van der Waals surface area contributed by atoms with Crippen molar-refractivity contribution in [3.8, 4) is 5.75 Å². The van der Waals surface area contributed by atoms with Gasteiger partial charge in [0, 0.05) is 15.1 Å². The second-order valence-corrected chi connectivity index (χ2v) is 9.95. The van der Waals surface area contributed by atoms with Crippen LogP contribution in [0.5, 0.6) is 5.75 Å². The third-order valence-corrected chi connectivity index (χ3v) is 7.06. The van der Waals surface area contributed by atoms with Crippen LogP contribution in [0.1, 0.15) is 31.0 Å². The summed E-state index contributed by atoms with van der Waals surface area (Å²) in [5.74, 6) is -0.708. The molecule has 1 atom stereocenters. The first-order valence-corrected chi connectivity index (χ1v) is 12.2. The van der Waals surface area contributed by atoms with Gasteiger partial charge in [-0.15, -0.1) is 0 Å². The van der Waals surface area contributed by atoms with Crippen LogP contribution in [0.2, 0.25) is 10.0 Å². The number of carbonyl (C=O) groups is 1. The van der Waals surface area contributed by atoms with Gasteiger partial charge >= 0.3 is 5.97 Å². The molecule has 0 spiro atoms. The Labute approximate surface area is 211 Å². The molecule has 0 bridgehead atoms. The third-order valence-electron chi connectivity index (χ3n) is 5.05. The quantitative estimate of drug-likeness (QED) is 0.468. The lowest BCUT2D eigenvalue weighted by Crippen LogP contribution is -2.39. The highest BCUT2D eigenvalue weighted by atomic mass is 79.9. The molecule has 2 aromatic carbocycles. The molecule has 0 fully saturated rings. The lowest BCUT2D eigenvalue weighted by atomic mass is 9.96. The summed E-state index contributed by atoms with van der Waals surface area (Å²) in [6.07, 6.45) is 1.51. The van der Waals surface area contributed by atoms with Crippen molar-refractivity contribution in [3.05, 3.63) is 93.0 Å². The SMILES string of the molecule is CCOC(=O)C1=C(C)N=c2s/c(=C/c3cc(Cl)cc(Cl)c3O)c(=O)n2[C@@H]1c1ccc(Br)cc1. The van der Waals surface area contributed by atoms with E-state index >= 15 is 0 Å². The highest BCUT2D eigenvalue weighted by Gasteiger charge is 2.33. The highest BCUT2D eigenvalue weighted by Crippen LogP contribution is 2.33. The molecule has 170 valence electrons. The van der Waals surface area contributed by atoms with Gasteiger partial charge in [0.2, 0.25) is 0 Å². The van der Waals surface area contributed by atoms with Crippen molar-refractivity contribution in [2.24, 2.45) is 4.99 Å². The Hall–Kier alpha value is -2.39. The van der Waals surface area contributed by atoms with Crippen molar-refractivity contribution in [2.45, 2.75) is 19.9 Å². The molecule has 1 aliphatic heterocycles. The molecular weight excluding hydrogens is 551 g/mol. The van der Waals surface area contributed by atoms with E-state index in [9.17, 15) is 14.7 Å². The average molecular weight is 568 g/mol. The van der Waals surface area contributed by atoms with E-state index in [0.29, 0.717) is 31.2 Å². The van der Waals surface area contributed by atoms with Gasteiger partial charge in [-0.1, -0.05) is 62.6 Å². The van der Waals surface area contributed by atoms with E-state index in [2.05, 4.69) is 20.9 Å². The minimum atomic E-state index is -0.716. The number of fused-ring (bicyclic) bond motifs is 1. The predicted octanol–water partition coefficient (Wildman–Crippen LogP) is 4.57. The molecule has 1 N–H and O–H groups in total. The number of hydrogen-bond acceptors (Lipinski definition) is 6. The van der Waals surface area contributed by atoms with Crippen LogP contribution >= 0.6 is 50.5 Å². The summed E-state index contributed by atoms with van der Waals surface area (Å²) in [7, 11) is 0. The van der Waals surface area contributed by atoms with Crippen molar-refractivity contribution in [1.82, 2.24) is 4.57 Å². The standard InChI is InChI=1S/C23H17BrCl2N2O4S/c1-3-32-22(31)18-11(2)27-23-28(19(18)12-4-6-14(24)7-5-12)21(30)17(33-23)9-13-8-15(25)10-16(26)20(13)29/h4-10,19,29H,3H2,1-2H3/b17-9+/t19-/m1/s1. The molecule has 3 aromatic rings. The van der Waals surface area contributed by atoms with E-state index in [1.807, 2.05) is 24.3 Å². The van der Waals surface area contributed by atoms with Crippen LogP contribution in [0.3, 0.4) is 0 Å². The maximum absolute atomic E-state index is 13.5. The van der Waals surface area contributed by atoms with E-state index in [1.54, 1.807) is 13.8 Å². The summed E-state index contributed by atoms with van der Waals surface area (Å²) >= 11 is 16.7. The fourth-order valence-electron chi connectivity index (χ4n) is 3.59. The molecule has 0 amide bonds. The summed E-state index contributed by atoms with van der Waals surface area (Å²) < 4.78 is 7.93. The van der Waals surface area contributed by atoms with Crippen molar-refractivity contribution in [1.29, 1.82) is 0 Å². The van der Waals surface area contributed by atoms with Crippen LogP contribution in [0, 0.1) is 0 Å². The summed E-state index contributed by atoms with van der Waals surface area (Å²) in [5.41, 5.74) is 1.45. The first-order valence-electron chi connectivity index (χ1n) is 9.84. The number of benzene rings is 2.